The summed E-state index contributed by atoms with van der Waals surface area (Å²) in [5.41, 5.74) is 4.86. The second kappa shape index (κ2) is 6.48. The average molecular weight is 339 g/mol. The number of H-pyrrole nitrogens is 1. The van der Waals surface area contributed by atoms with E-state index in [2.05, 4.69) is 23.3 Å². The predicted molar refractivity (Wildman–Crippen MR) is 97.6 cm³/mol. The summed E-state index contributed by atoms with van der Waals surface area (Å²) in [7, 11) is 0. The third-order valence-corrected chi connectivity index (χ3v) is 5.07. The fraction of sp³-hybridized carbons (Fsp3) is 0.350. The molecule has 0 amide bonds. The summed E-state index contributed by atoms with van der Waals surface area (Å²) >= 11 is 0. The topological polar surface area (TPSA) is 49.8 Å². The first-order valence-corrected chi connectivity index (χ1v) is 8.80. The zero-order valence-electron chi connectivity index (χ0n) is 14.3. The summed E-state index contributed by atoms with van der Waals surface area (Å²) < 4.78 is 15.2. The minimum Gasteiger partial charge on any atom is -0.317 e. The molecule has 2 aromatic carbocycles. The molecule has 2 heterocycles. The fourth-order valence-electron chi connectivity index (χ4n) is 3.86. The Labute approximate surface area is 145 Å². The minimum absolute atomic E-state index is 0.139. The van der Waals surface area contributed by atoms with Crippen LogP contribution in [-0.2, 0) is 6.54 Å². The van der Waals surface area contributed by atoms with E-state index in [0.717, 1.165) is 48.1 Å². The van der Waals surface area contributed by atoms with E-state index in [9.17, 15) is 9.18 Å². The molecule has 5 heteroatoms. The summed E-state index contributed by atoms with van der Waals surface area (Å²) in [5, 5.41) is 3.39. The van der Waals surface area contributed by atoms with E-state index in [1.54, 1.807) is 10.6 Å². The van der Waals surface area contributed by atoms with Crippen LogP contribution in [0.25, 0.3) is 11.0 Å². The summed E-state index contributed by atoms with van der Waals surface area (Å²) in [4.78, 5) is 15.6. The maximum Gasteiger partial charge on any atom is 0.326 e. The Hall–Kier alpha value is -2.40. The summed E-state index contributed by atoms with van der Waals surface area (Å²) in [6.07, 6.45) is 2.16. The SMILES string of the molecule is Cc1cc(C2CCNCC2)c2[nH]c(=O)n(Cc3cccc(F)c3)c2c1. The molecule has 0 radical (unpaired) electrons. The molecule has 1 aliphatic heterocycles. The highest BCUT2D eigenvalue weighted by Crippen LogP contribution is 2.31. The first-order valence-electron chi connectivity index (χ1n) is 8.80. The number of rotatable bonds is 3. The Morgan fingerprint density at radius 3 is 2.76 bits per heavy atom. The van der Waals surface area contributed by atoms with Crippen LogP contribution in [0.5, 0.6) is 0 Å². The number of imidazole rings is 1. The van der Waals surface area contributed by atoms with E-state index < -0.39 is 0 Å². The summed E-state index contributed by atoms with van der Waals surface area (Å²) in [5.74, 6) is 0.182. The number of hydrogen-bond acceptors (Lipinski definition) is 2. The molecule has 25 heavy (non-hydrogen) atoms. The van der Waals surface area contributed by atoms with Gasteiger partial charge in [-0.3, -0.25) is 4.57 Å². The maximum absolute atomic E-state index is 13.5. The number of fused-ring (bicyclic) bond motifs is 1. The zero-order chi connectivity index (χ0) is 17.4. The van der Waals surface area contributed by atoms with Crippen LogP contribution in [0.2, 0.25) is 0 Å². The largest absolute Gasteiger partial charge is 0.326 e. The van der Waals surface area contributed by atoms with Crippen molar-refractivity contribution >= 4 is 11.0 Å². The zero-order valence-corrected chi connectivity index (χ0v) is 14.3. The monoisotopic (exact) mass is 339 g/mol. The van der Waals surface area contributed by atoms with Gasteiger partial charge in [0.05, 0.1) is 17.6 Å². The quantitative estimate of drug-likeness (QED) is 0.769. The van der Waals surface area contributed by atoms with Gasteiger partial charge in [-0.15, -0.1) is 0 Å². The lowest BCUT2D eigenvalue weighted by atomic mass is 9.88. The normalized spacial score (nSPS) is 15.8. The molecule has 2 N–H and O–H groups in total. The lowest BCUT2D eigenvalue weighted by Gasteiger charge is -2.23. The number of aromatic amines is 1. The van der Waals surface area contributed by atoms with E-state index in [-0.39, 0.29) is 11.5 Å². The molecule has 130 valence electrons. The van der Waals surface area contributed by atoms with E-state index in [1.807, 2.05) is 12.1 Å². The van der Waals surface area contributed by atoms with Crippen molar-refractivity contribution in [2.45, 2.75) is 32.2 Å². The third-order valence-electron chi connectivity index (χ3n) is 5.07. The number of nitrogens with one attached hydrogen (secondary N) is 2. The van der Waals surface area contributed by atoms with E-state index in [1.165, 1.54) is 17.7 Å². The molecule has 0 atom stereocenters. The molecule has 4 rings (SSSR count). The van der Waals surface area contributed by atoms with Gasteiger partial charge in [0.15, 0.2) is 0 Å². The van der Waals surface area contributed by atoms with Crippen LogP contribution in [0.3, 0.4) is 0 Å². The van der Waals surface area contributed by atoms with E-state index >= 15 is 0 Å². The van der Waals surface area contributed by atoms with Crippen molar-refractivity contribution in [1.29, 1.82) is 0 Å². The van der Waals surface area contributed by atoms with Crippen LogP contribution in [0.15, 0.2) is 41.2 Å². The van der Waals surface area contributed by atoms with Crippen molar-refractivity contribution in [1.82, 2.24) is 14.9 Å². The highest BCUT2D eigenvalue weighted by atomic mass is 19.1. The van der Waals surface area contributed by atoms with Crippen LogP contribution in [0.4, 0.5) is 4.39 Å². The van der Waals surface area contributed by atoms with Crippen molar-refractivity contribution in [2.24, 2.45) is 0 Å². The molecule has 0 bridgehead atoms. The third kappa shape index (κ3) is 3.12. The Bertz CT molecular complexity index is 967. The fourth-order valence-corrected chi connectivity index (χ4v) is 3.86. The van der Waals surface area contributed by atoms with Gasteiger partial charge in [-0.05, 0) is 73.7 Å². The highest BCUT2D eigenvalue weighted by Gasteiger charge is 2.20. The standard InChI is InChI=1S/C20H22FN3O/c1-13-9-17(15-5-7-22-8-6-15)19-18(10-13)24(20(25)23-19)12-14-3-2-4-16(21)11-14/h2-4,9-11,15,22H,5-8,12H2,1H3,(H,23,25). The molecule has 1 aromatic heterocycles. The van der Waals surface area contributed by atoms with Gasteiger partial charge in [-0.2, -0.15) is 0 Å². The van der Waals surface area contributed by atoms with Crippen LogP contribution < -0.4 is 11.0 Å². The second-order valence-electron chi connectivity index (χ2n) is 6.92. The number of benzene rings is 2. The molecule has 0 unspecified atom stereocenters. The van der Waals surface area contributed by atoms with E-state index in [4.69, 9.17) is 0 Å². The Morgan fingerprint density at radius 1 is 1.20 bits per heavy atom. The Balaban J connectivity index is 1.81. The highest BCUT2D eigenvalue weighted by molar-refractivity contribution is 5.80. The number of aromatic nitrogens is 2. The van der Waals surface area contributed by atoms with E-state index in [0.29, 0.717) is 12.5 Å². The molecule has 1 saturated heterocycles. The van der Waals surface area contributed by atoms with Crippen molar-refractivity contribution < 1.29 is 4.39 Å². The lowest BCUT2D eigenvalue weighted by molar-refractivity contribution is 0.462. The first-order chi connectivity index (χ1) is 12.1. The Morgan fingerprint density at radius 2 is 2.00 bits per heavy atom. The van der Waals surface area contributed by atoms with Gasteiger partial charge in [0, 0.05) is 0 Å². The molecule has 1 aliphatic rings. The molecule has 0 spiro atoms. The average Bonchev–Trinajstić information content (AvgIpc) is 2.91. The second-order valence-corrected chi connectivity index (χ2v) is 6.92. The minimum atomic E-state index is -0.281. The number of piperidine rings is 1. The van der Waals surface area contributed by atoms with Gasteiger partial charge >= 0.3 is 5.69 Å². The van der Waals surface area contributed by atoms with Gasteiger partial charge in [0.1, 0.15) is 5.82 Å². The summed E-state index contributed by atoms with van der Waals surface area (Å²) in [6, 6.07) is 10.7. The van der Waals surface area contributed by atoms with Gasteiger partial charge in [0.2, 0.25) is 0 Å². The smallest absolute Gasteiger partial charge is 0.317 e. The number of hydrogen-bond donors (Lipinski definition) is 2. The van der Waals surface area contributed by atoms with Crippen molar-refractivity contribution in [3.8, 4) is 0 Å². The van der Waals surface area contributed by atoms with Crippen LogP contribution in [0, 0.1) is 12.7 Å². The van der Waals surface area contributed by atoms with Gasteiger partial charge in [-0.1, -0.05) is 18.2 Å². The van der Waals surface area contributed by atoms with Crippen molar-refractivity contribution in [2.75, 3.05) is 13.1 Å². The number of aryl methyl sites for hydroxylation is 1. The molecular formula is C20H22FN3O. The van der Waals surface area contributed by atoms with Gasteiger partial charge in [0.25, 0.3) is 0 Å². The molecule has 3 aromatic rings. The maximum atomic E-state index is 13.5. The van der Waals surface area contributed by atoms with Gasteiger partial charge in [-0.25, -0.2) is 9.18 Å². The first kappa shape index (κ1) is 16.1. The van der Waals surface area contributed by atoms with Crippen LogP contribution >= 0.6 is 0 Å². The molecule has 0 aliphatic carbocycles. The predicted octanol–water partition coefficient (Wildman–Crippen LogP) is 3.29. The van der Waals surface area contributed by atoms with Crippen molar-refractivity contribution in [3.05, 3.63) is 69.4 Å². The lowest BCUT2D eigenvalue weighted by Crippen LogP contribution is -2.26. The van der Waals surface area contributed by atoms with Crippen LogP contribution in [0.1, 0.15) is 35.4 Å². The molecule has 1 fully saturated rings. The van der Waals surface area contributed by atoms with Crippen molar-refractivity contribution in [3.63, 3.8) is 0 Å². The number of halogens is 1. The molecule has 4 nitrogen and oxygen atoms in total. The molecule has 0 saturated carbocycles. The number of nitrogens with zero attached hydrogens (tertiary/aromatic N) is 1. The Kier molecular flexibility index (Phi) is 4.17. The van der Waals surface area contributed by atoms with Gasteiger partial charge < -0.3 is 10.3 Å². The molecular weight excluding hydrogens is 317 g/mol. The summed E-state index contributed by atoms with van der Waals surface area (Å²) in [6.45, 7) is 4.45. The van der Waals surface area contributed by atoms with Crippen LogP contribution in [-0.4, -0.2) is 22.6 Å².